The van der Waals surface area contributed by atoms with Crippen LogP contribution in [0.2, 0.25) is 0 Å². The molecule has 0 aromatic heterocycles. The zero-order valence-electron chi connectivity index (χ0n) is 36.2. The maximum absolute atomic E-state index is 13.0. The molecule has 0 spiro atoms. The van der Waals surface area contributed by atoms with Gasteiger partial charge in [-0.2, -0.15) is 0 Å². The van der Waals surface area contributed by atoms with Crippen LogP contribution in [0.1, 0.15) is 207 Å². The van der Waals surface area contributed by atoms with Crippen molar-refractivity contribution in [1.82, 2.24) is 5.32 Å². The Balaban J connectivity index is 2.39. The number of hydrogen-bond donors (Lipinski definition) is 7. The quantitative estimate of drug-likeness (QED) is 0.0239. The fourth-order valence-electron chi connectivity index (χ4n) is 7.49. The smallest absolute Gasteiger partial charge is 0.249 e. The highest BCUT2D eigenvalue weighted by Gasteiger charge is 2.44. The zero-order chi connectivity index (χ0) is 41.2. The van der Waals surface area contributed by atoms with E-state index in [1.165, 1.54) is 135 Å². The molecule has 9 atom stereocenters. The predicted octanol–water partition coefficient (Wildman–Crippen LogP) is 8.55. The molecule has 1 heterocycles. The summed E-state index contributed by atoms with van der Waals surface area (Å²) in [6.45, 7) is 5.94. The third-order valence-corrected chi connectivity index (χ3v) is 11.8. The number of rotatable bonds is 38. The largest absolute Gasteiger partial charge is 0.394 e. The minimum Gasteiger partial charge on any atom is -0.394 e. The van der Waals surface area contributed by atoms with Crippen LogP contribution in [0, 0.1) is 5.92 Å². The van der Waals surface area contributed by atoms with Gasteiger partial charge in [-0.1, -0.05) is 200 Å². The van der Waals surface area contributed by atoms with Crippen molar-refractivity contribution in [2.75, 3.05) is 13.2 Å². The highest BCUT2D eigenvalue weighted by atomic mass is 16.7. The van der Waals surface area contributed by atoms with Crippen LogP contribution >= 0.6 is 0 Å². The summed E-state index contributed by atoms with van der Waals surface area (Å²) < 4.78 is 11.1. The van der Waals surface area contributed by atoms with Crippen molar-refractivity contribution in [3.63, 3.8) is 0 Å². The summed E-state index contributed by atoms with van der Waals surface area (Å²) in [4.78, 5) is 13.0. The molecule has 0 aromatic carbocycles. The normalized spacial score (nSPS) is 22.3. The van der Waals surface area contributed by atoms with Crippen molar-refractivity contribution in [3.05, 3.63) is 12.2 Å². The lowest BCUT2D eigenvalue weighted by molar-refractivity contribution is -0.302. The number of carbonyl (C=O) groups excluding carboxylic acids is 1. The monoisotopic (exact) mass is 800 g/mol. The Kier molecular flexibility index (Phi) is 33.8. The maximum atomic E-state index is 13.0. The van der Waals surface area contributed by atoms with Crippen LogP contribution in [-0.2, 0) is 14.3 Å². The predicted molar refractivity (Wildman–Crippen MR) is 227 cm³/mol. The second-order valence-electron chi connectivity index (χ2n) is 16.9. The molecule has 1 aliphatic heterocycles. The summed E-state index contributed by atoms with van der Waals surface area (Å²) in [5, 5.41) is 64.6. The number of carbonyl (C=O) groups is 1. The first kappa shape index (κ1) is 52.9. The summed E-state index contributed by atoms with van der Waals surface area (Å²) in [7, 11) is 0. The summed E-state index contributed by atoms with van der Waals surface area (Å²) >= 11 is 0. The standard InChI is InChI=1S/C46H89NO9/c1-4-6-7-8-9-10-11-12-13-14-15-16-17-18-21-25-28-31-34-40(50)45(54)47-38(36-55-46-44(53)43(52)42(51)41(35-48)56-46)39(49)33-30-27-24-22-19-20-23-26-29-32-37(3)5-2/h30,33,37-44,46,48-53H,4-29,31-32,34-36H2,1-3H3,(H,47,54). The lowest BCUT2D eigenvalue weighted by Gasteiger charge is -2.40. The van der Waals surface area contributed by atoms with Crippen LogP contribution in [0.4, 0.5) is 0 Å². The number of allylic oxidation sites excluding steroid dienone is 1. The molecule has 1 aliphatic rings. The van der Waals surface area contributed by atoms with E-state index in [2.05, 4.69) is 26.1 Å². The van der Waals surface area contributed by atoms with Crippen molar-refractivity contribution >= 4 is 5.91 Å². The van der Waals surface area contributed by atoms with Crippen LogP contribution in [0.3, 0.4) is 0 Å². The molecule has 7 N–H and O–H groups in total. The second-order valence-corrected chi connectivity index (χ2v) is 16.9. The maximum Gasteiger partial charge on any atom is 0.249 e. The lowest BCUT2D eigenvalue weighted by Crippen LogP contribution is -2.60. The first-order valence-electron chi connectivity index (χ1n) is 23.4. The fraction of sp³-hybridized carbons (Fsp3) is 0.935. The Morgan fingerprint density at radius 3 is 1.61 bits per heavy atom. The molecule has 1 rings (SSSR count). The molecule has 0 bridgehead atoms. The third kappa shape index (κ3) is 26.1. The van der Waals surface area contributed by atoms with Crippen LogP contribution in [-0.4, -0.2) is 98.7 Å². The van der Waals surface area contributed by atoms with Gasteiger partial charge in [0.1, 0.15) is 30.5 Å². The summed E-state index contributed by atoms with van der Waals surface area (Å²) in [6, 6.07) is -0.975. The highest BCUT2D eigenvalue weighted by molar-refractivity contribution is 5.80. The van der Waals surface area contributed by atoms with E-state index in [0.717, 1.165) is 50.9 Å². The van der Waals surface area contributed by atoms with Gasteiger partial charge in [-0.15, -0.1) is 0 Å². The van der Waals surface area contributed by atoms with Crippen molar-refractivity contribution in [2.24, 2.45) is 5.92 Å². The number of aliphatic hydroxyl groups excluding tert-OH is 6. The summed E-state index contributed by atoms with van der Waals surface area (Å²) in [5.74, 6) is 0.203. The molecule has 1 saturated heterocycles. The topological polar surface area (TPSA) is 169 Å². The van der Waals surface area contributed by atoms with Crippen LogP contribution in [0.15, 0.2) is 12.2 Å². The molecular formula is C46H89NO9. The van der Waals surface area contributed by atoms with Gasteiger partial charge >= 0.3 is 0 Å². The van der Waals surface area contributed by atoms with Gasteiger partial charge < -0.3 is 45.4 Å². The zero-order valence-corrected chi connectivity index (χ0v) is 36.2. The first-order chi connectivity index (χ1) is 27.2. The average molecular weight is 800 g/mol. The number of aliphatic hydroxyl groups is 6. The van der Waals surface area contributed by atoms with Crippen molar-refractivity contribution < 1.29 is 44.9 Å². The molecule has 56 heavy (non-hydrogen) atoms. The van der Waals surface area contributed by atoms with E-state index in [1.807, 2.05) is 6.08 Å². The molecule has 0 radical (unpaired) electrons. The number of unbranched alkanes of at least 4 members (excludes halogenated alkanes) is 24. The Morgan fingerprint density at radius 1 is 0.661 bits per heavy atom. The number of amides is 1. The van der Waals surface area contributed by atoms with Gasteiger partial charge in [0.05, 0.1) is 25.4 Å². The van der Waals surface area contributed by atoms with Crippen LogP contribution in [0.5, 0.6) is 0 Å². The van der Waals surface area contributed by atoms with E-state index in [4.69, 9.17) is 9.47 Å². The van der Waals surface area contributed by atoms with Crippen molar-refractivity contribution in [2.45, 2.75) is 256 Å². The van der Waals surface area contributed by atoms with E-state index in [0.29, 0.717) is 6.42 Å². The minimum absolute atomic E-state index is 0.303. The molecule has 0 aliphatic carbocycles. The van der Waals surface area contributed by atoms with Gasteiger partial charge in [-0.25, -0.2) is 0 Å². The van der Waals surface area contributed by atoms with Crippen LogP contribution < -0.4 is 5.32 Å². The highest BCUT2D eigenvalue weighted by Crippen LogP contribution is 2.23. The first-order valence-corrected chi connectivity index (χ1v) is 23.4. The molecule has 332 valence electrons. The molecule has 0 saturated carbocycles. The number of hydrogen-bond acceptors (Lipinski definition) is 9. The molecular weight excluding hydrogens is 711 g/mol. The average Bonchev–Trinajstić information content (AvgIpc) is 3.20. The third-order valence-electron chi connectivity index (χ3n) is 11.8. The van der Waals surface area contributed by atoms with Crippen molar-refractivity contribution in [1.29, 1.82) is 0 Å². The van der Waals surface area contributed by atoms with Gasteiger partial charge in [0.15, 0.2) is 6.29 Å². The lowest BCUT2D eigenvalue weighted by atomic mass is 9.99. The Morgan fingerprint density at radius 2 is 1.12 bits per heavy atom. The Labute approximate surface area is 342 Å². The second kappa shape index (κ2) is 35.8. The molecule has 1 amide bonds. The van der Waals surface area contributed by atoms with E-state index >= 15 is 0 Å². The van der Waals surface area contributed by atoms with E-state index in [-0.39, 0.29) is 6.61 Å². The summed E-state index contributed by atoms with van der Waals surface area (Å²) in [6.07, 6.45) is 28.7. The van der Waals surface area contributed by atoms with E-state index < -0.39 is 61.5 Å². The van der Waals surface area contributed by atoms with Gasteiger partial charge in [-0.3, -0.25) is 4.79 Å². The molecule has 1 fully saturated rings. The fourth-order valence-corrected chi connectivity index (χ4v) is 7.49. The summed E-state index contributed by atoms with van der Waals surface area (Å²) in [5.41, 5.74) is 0. The number of ether oxygens (including phenoxy) is 2. The Hall–Kier alpha value is -1.11. The molecule has 9 unspecified atom stereocenters. The van der Waals surface area contributed by atoms with Gasteiger partial charge in [0.2, 0.25) is 5.91 Å². The van der Waals surface area contributed by atoms with E-state index in [1.54, 1.807) is 6.08 Å². The Bertz CT molecular complexity index is 921. The number of nitrogens with one attached hydrogen (secondary N) is 1. The molecule has 10 nitrogen and oxygen atoms in total. The molecule has 0 aromatic rings. The van der Waals surface area contributed by atoms with E-state index in [9.17, 15) is 35.4 Å². The van der Waals surface area contributed by atoms with Crippen molar-refractivity contribution in [3.8, 4) is 0 Å². The van der Waals surface area contributed by atoms with Crippen LogP contribution in [0.25, 0.3) is 0 Å². The van der Waals surface area contributed by atoms with Gasteiger partial charge in [-0.05, 0) is 25.2 Å². The van der Waals surface area contributed by atoms with Gasteiger partial charge in [0.25, 0.3) is 0 Å². The SMILES string of the molecule is CCCCCCCCCCCCCCCCCCCCC(O)C(=O)NC(COC1OC(CO)C(O)C(O)C1O)C(O)C=CCCCCCCCCCC(C)CC. The molecule has 10 heteroatoms. The minimum atomic E-state index is -1.61. The van der Waals surface area contributed by atoms with Gasteiger partial charge in [0, 0.05) is 0 Å².